The number of benzene rings is 2. The third-order valence-corrected chi connectivity index (χ3v) is 5.12. The van der Waals surface area contributed by atoms with E-state index < -0.39 is 27.2 Å². The Labute approximate surface area is 141 Å². The van der Waals surface area contributed by atoms with E-state index in [0.29, 0.717) is 0 Å². The van der Waals surface area contributed by atoms with E-state index in [1.165, 1.54) is 37.4 Å². The van der Waals surface area contributed by atoms with Gasteiger partial charge in [0, 0.05) is 19.2 Å². The van der Waals surface area contributed by atoms with Gasteiger partial charge in [-0.05, 0) is 24.3 Å². The Morgan fingerprint density at radius 2 is 1.88 bits per heavy atom. The molecule has 0 radical (unpaired) electrons. The number of nitrogens with zero attached hydrogens (tertiary/aromatic N) is 1. The topological polar surface area (TPSA) is 98.4 Å². The number of nitrogens with one attached hydrogen (secondary N) is 1. The van der Waals surface area contributed by atoms with Crippen molar-refractivity contribution < 1.29 is 17.2 Å². The second-order valence-electron chi connectivity index (χ2n) is 5.31. The van der Waals surface area contributed by atoms with E-state index in [4.69, 9.17) is 0 Å². The Hall–Kier alpha value is -2.78. The number of hydrogen-bond acceptors (Lipinski definition) is 5. The van der Waals surface area contributed by atoms with Crippen molar-refractivity contribution >= 4 is 20.9 Å². The number of aromatic nitrogens is 1. The van der Waals surface area contributed by atoms with Gasteiger partial charge in [-0.15, -0.1) is 0 Å². The van der Waals surface area contributed by atoms with Gasteiger partial charge in [-0.1, -0.05) is 18.2 Å². The fraction of sp³-hybridized carbons (Fsp3) is 0.125. The summed E-state index contributed by atoms with van der Waals surface area (Å²) in [5.41, 5.74) is -0.493. The van der Waals surface area contributed by atoms with E-state index in [0.717, 1.165) is 10.6 Å². The molecule has 3 rings (SSSR count). The maximum Gasteiger partial charge on any atom is 0.422 e. The molecule has 7 nitrogen and oxygen atoms in total. The summed E-state index contributed by atoms with van der Waals surface area (Å²) in [6.07, 6.45) is 0. The maximum atomic E-state index is 13.6. The van der Waals surface area contributed by atoms with Crippen molar-refractivity contribution in [1.82, 2.24) is 9.29 Å². The summed E-state index contributed by atoms with van der Waals surface area (Å²) in [4.78, 5) is 23.1. The molecule has 0 unspecified atom stereocenters. The molecule has 1 N–H and O–H groups in total. The van der Waals surface area contributed by atoms with Crippen LogP contribution in [0.5, 0.6) is 0 Å². The highest BCUT2D eigenvalue weighted by atomic mass is 32.2. The van der Waals surface area contributed by atoms with E-state index >= 15 is 0 Å². The second-order valence-corrected chi connectivity index (χ2v) is 7.08. The molecule has 0 amide bonds. The number of fused-ring (bicyclic) bond motifs is 1. The van der Waals surface area contributed by atoms with Crippen LogP contribution in [0.1, 0.15) is 5.56 Å². The molecular formula is C16H13FN2O5S. The molecule has 0 aliphatic heterocycles. The standard InChI is InChI=1S/C16H13FN2O5S/c1-19-14-7-6-11(8-12(14)15(20)24-16(19)21)25(22,23)18-9-10-4-2-3-5-13(10)17/h2-8,18H,9H2,1H3. The SMILES string of the molecule is Cn1c(=O)oc(=O)c2cc(S(=O)(=O)NCc3ccccc3F)ccc21. The van der Waals surface area contributed by atoms with Crippen molar-refractivity contribution in [2.75, 3.05) is 0 Å². The molecule has 0 saturated carbocycles. The quantitative estimate of drug-likeness (QED) is 0.748. The Morgan fingerprint density at radius 3 is 2.60 bits per heavy atom. The van der Waals surface area contributed by atoms with Crippen LogP contribution in [-0.4, -0.2) is 13.0 Å². The third kappa shape index (κ3) is 3.24. The minimum atomic E-state index is -3.99. The summed E-state index contributed by atoms with van der Waals surface area (Å²) in [5.74, 6) is -1.37. The van der Waals surface area contributed by atoms with Crippen molar-refractivity contribution in [3.05, 3.63) is 74.8 Å². The number of halogens is 1. The molecule has 1 aromatic heterocycles. The normalized spacial score (nSPS) is 11.8. The van der Waals surface area contributed by atoms with Crippen LogP contribution in [0.25, 0.3) is 10.9 Å². The van der Waals surface area contributed by atoms with Gasteiger partial charge in [0.05, 0.1) is 15.8 Å². The first-order valence-electron chi connectivity index (χ1n) is 7.16. The zero-order valence-electron chi connectivity index (χ0n) is 13.0. The monoisotopic (exact) mass is 364 g/mol. The maximum absolute atomic E-state index is 13.6. The fourth-order valence-corrected chi connectivity index (χ4v) is 3.37. The first kappa shape index (κ1) is 17.1. The van der Waals surface area contributed by atoms with Gasteiger partial charge in [0.1, 0.15) is 5.82 Å². The summed E-state index contributed by atoms with van der Waals surface area (Å²) in [6, 6.07) is 9.49. The molecule has 0 saturated heterocycles. The summed E-state index contributed by atoms with van der Waals surface area (Å²) in [7, 11) is -2.59. The lowest BCUT2D eigenvalue weighted by Crippen LogP contribution is -2.25. The zero-order valence-corrected chi connectivity index (χ0v) is 13.8. The summed E-state index contributed by atoms with van der Waals surface area (Å²) < 4.78 is 46.3. The molecule has 0 bridgehead atoms. The van der Waals surface area contributed by atoms with Crippen LogP contribution in [0.2, 0.25) is 0 Å². The Bertz CT molecular complexity index is 1180. The van der Waals surface area contributed by atoms with E-state index in [1.807, 2.05) is 0 Å². The van der Waals surface area contributed by atoms with Crippen LogP contribution in [0, 0.1) is 5.82 Å². The fourth-order valence-electron chi connectivity index (χ4n) is 2.34. The number of rotatable bonds is 4. The number of sulfonamides is 1. The average molecular weight is 364 g/mol. The molecule has 9 heteroatoms. The van der Waals surface area contributed by atoms with Gasteiger partial charge in [-0.2, -0.15) is 0 Å². The molecule has 2 aromatic carbocycles. The van der Waals surface area contributed by atoms with Gasteiger partial charge in [0.2, 0.25) is 10.0 Å². The molecule has 0 atom stereocenters. The van der Waals surface area contributed by atoms with E-state index in [-0.39, 0.29) is 27.9 Å². The van der Waals surface area contributed by atoms with Gasteiger partial charge in [0.25, 0.3) is 0 Å². The first-order valence-corrected chi connectivity index (χ1v) is 8.65. The van der Waals surface area contributed by atoms with Crippen molar-refractivity contribution in [3.8, 4) is 0 Å². The summed E-state index contributed by atoms with van der Waals surface area (Å²) in [5, 5.41) is -0.0455. The van der Waals surface area contributed by atoms with Crippen molar-refractivity contribution in [1.29, 1.82) is 0 Å². The Morgan fingerprint density at radius 1 is 1.16 bits per heavy atom. The predicted molar refractivity (Wildman–Crippen MR) is 88.2 cm³/mol. The van der Waals surface area contributed by atoms with Crippen LogP contribution in [-0.2, 0) is 23.6 Å². The van der Waals surface area contributed by atoms with Crippen LogP contribution in [0.15, 0.2) is 61.4 Å². The predicted octanol–water partition coefficient (Wildman–Crippen LogP) is 1.11. The lowest BCUT2D eigenvalue weighted by molar-refractivity contribution is 0.432. The first-order chi connectivity index (χ1) is 11.8. The summed E-state index contributed by atoms with van der Waals surface area (Å²) in [6.45, 7) is -0.241. The zero-order chi connectivity index (χ0) is 18.2. The highest BCUT2D eigenvalue weighted by Gasteiger charge is 2.17. The van der Waals surface area contributed by atoms with Crippen LogP contribution >= 0.6 is 0 Å². The largest absolute Gasteiger partial charge is 0.422 e. The molecule has 0 fully saturated rings. The highest BCUT2D eigenvalue weighted by molar-refractivity contribution is 7.89. The molecule has 3 aromatic rings. The Kier molecular flexibility index (Phi) is 4.27. The molecule has 0 aliphatic rings. The number of hydrogen-bond donors (Lipinski definition) is 1. The van der Waals surface area contributed by atoms with Crippen molar-refractivity contribution in [2.45, 2.75) is 11.4 Å². The highest BCUT2D eigenvalue weighted by Crippen LogP contribution is 2.16. The van der Waals surface area contributed by atoms with Gasteiger partial charge < -0.3 is 4.42 Å². The van der Waals surface area contributed by atoms with E-state index in [9.17, 15) is 22.4 Å². The van der Waals surface area contributed by atoms with Gasteiger partial charge in [-0.3, -0.25) is 4.57 Å². The van der Waals surface area contributed by atoms with Crippen molar-refractivity contribution in [2.24, 2.45) is 7.05 Å². The molecule has 1 heterocycles. The Balaban J connectivity index is 1.99. The molecule has 0 spiro atoms. The molecule has 130 valence electrons. The van der Waals surface area contributed by atoms with E-state index in [1.54, 1.807) is 6.07 Å². The smallest absolute Gasteiger partial charge is 0.372 e. The lowest BCUT2D eigenvalue weighted by atomic mass is 10.2. The van der Waals surface area contributed by atoms with Gasteiger partial charge >= 0.3 is 11.4 Å². The third-order valence-electron chi connectivity index (χ3n) is 3.72. The van der Waals surface area contributed by atoms with Crippen LogP contribution in [0.4, 0.5) is 4.39 Å². The molecular weight excluding hydrogens is 351 g/mol. The van der Waals surface area contributed by atoms with Gasteiger partial charge in [0.15, 0.2) is 0 Å². The molecule has 0 aliphatic carbocycles. The van der Waals surface area contributed by atoms with Gasteiger partial charge in [-0.25, -0.2) is 27.1 Å². The van der Waals surface area contributed by atoms with E-state index in [2.05, 4.69) is 9.14 Å². The summed E-state index contributed by atoms with van der Waals surface area (Å²) >= 11 is 0. The van der Waals surface area contributed by atoms with Crippen molar-refractivity contribution in [3.63, 3.8) is 0 Å². The second kappa shape index (κ2) is 6.26. The van der Waals surface area contributed by atoms with Crippen LogP contribution < -0.4 is 16.1 Å². The number of aryl methyl sites for hydroxylation is 1. The average Bonchev–Trinajstić information content (AvgIpc) is 2.58. The minimum Gasteiger partial charge on any atom is -0.372 e. The molecule has 25 heavy (non-hydrogen) atoms. The van der Waals surface area contributed by atoms with Crippen LogP contribution in [0.3, 0.4) is 0 Å². The minimum absolute atomic E-state index is 0.0455. The lowest BCUT2D eigenvalue weighted by Gasteiger charge is -2.09.